The molecule has 0 amide bonds. The molecule has 0 bridgehead atoms. The van der Waals surface area contributed by atoms with E-state index in [4.69, 9.17) is 0 Å². The average molecular weight is 325 g/mol. The fourth-order valence-electron chi connectivity index (χ4n) is 0.647. The van der Waals surface area contributed by atoms with Crippen LogP contribution in [0, 0.1) is 23.5 Å². The second kappa shape index (κ2) is 4.90. The van der Waals surface area contributed by atoms with Gasteiger partial charge in [0.05, 0.1) is 0 Å². The lowest BCUT2D eigenvalue weighted by Gasteiger charge is -2.01. The number of rotatable bonds is 1. The van der Waals surface area contributed by atoms with Crippen LogP contribution in [-0.4, -0.2) is 4.98 Å². The van der Waals surface area contributed by atoms with E-state index in [2.05, 4.69) is 20.9 Å². The maximum Gasteiger partial charge on any atom is 0.252 e. The van der Waals surface area contributed by atoms with Crippen LogP contribution >= 0.6 is 32.9 Å². The summed E-state index contributed by atoms with van der Waals surface area (Å²) in [5.41, 5.74) is -0.694. The van der Waals surface area contributed by atoms with Crippen LogP contribution in [-0.2, 0) is 5.33 Å². The predicted molar refractivity (Wildman–Crippen MR) is 47.0 cm³/mol. The predicted octanol–water partition coefficient (Wildman–Crippen LogP) is 3.11. The van der Waals surface area contributed by atoms with Gasteiger partial charge in [0.1, 0.15) is 0 Å². The number of nitrogens with zero attached hydrogens (tertiary/aromatic N) is 1. The number of hydrogen-bond acceptors (Lipinski definition) is 1. The molecule has 0 atom stereocenters. The van der Waals surface area contributed by atoms with Crippen LogP contribution in [0.25, 0.3) is 0 Å². The molecule has 0 fully saturated rings. The zero-order chi connectivity index (χ0) is 9.30. The molecular weight excluding hydrogens is 322 g/mol. The van der Waals surface area contributed by atoms with Crippen molar-refractivity contribution in [3.05, 3.63) is 29.1 Å². The molecule has 0 spiro atoms. The monoisotopic (exact) mass is 323 g/mol. The summed E-state index contributed by atoms with van der Waals surface area (Å²) in [4.78, 5) is 2.38. The van der Waals surface area contributed by atoms with Gasteiger partial charge in [-0.3, -0.25) is 0 Å². The van der Waals surface area contributed by atoms with Crippen molar-refractivity contribution >= 4 is 32.9 Å². The first-order valence-corrected chi connectivity index (χ1v) is 3.95. The minimum atomic E-state index is -1.64. The Morgan fingerprint density at radius 3 is 1.69 bits per heavy atom. The Morgan fingerprint density at radius 2 is 1.38 bits per heavy atom. The second-order valence-corrected chi connectivity index (χ2v) is 2.49. The molecule has 0 aliphatic rings. The van der Waals surface area contributed by atoms with E-state index in [-0.39, 0.29) is 22.3 Å². The summed E-state index contributed by atoms with van der Waals surface area (Å²) in [7, 11) is 0. The van der Waals surface area contributed by atoms with Gasteiger partial charge in [0, 0.05) is 10.9 Å². The van der Waals surface area contributed by atoms with Crippen LogP contribution in [0.2, 0.25) is 0 Å². The Balaban J connectivity index is 0.00000144. The lowest BCUT2D eigenvalue weighted by molar-refractivity contribution is 0.399. The SMILES string of the molecule is Br.Fc1nc(F)c(F)c(CBr)c1F. The summed E-state index contributed by atoms with van der Waals surface area (Å²) < 4.78 is 49.7. The highest BCUT2D eigenvalue weighted by Gasteiger charge is 2.18. The Hall–Kier alpha value is -0.170. The van der Waals surface area contributed by atoms with Crippen LogP contribution in [0.3, 0.4) is 0 Å². The van der Waals surface area contributed by atoms with E-state index in [1.54, 1.807) is 0 Å². The first-order chi connectivity index (χ1) is 5.57. The van der Waals surface area contributed by atoms with Gasteiger partial charge in [-0.25, -0.2) is 8.78 Å². The van der Waals surface area contributed by atoms with E-state index < -0.39 is 29.1 Å². The van der Waals surface area contributed by atoms with Crippen molar-refractivity contribution in [2.75, 3.05) is 0 Å². The van der Waals surface area contributed by atoms with Crippen LogP contribution in [0.5, 0.6) is 0 Å². The summed E-state index contributed by atoms with van der Waals surface area (Å²) in [5, 5.41) is -0.305. The molecule has 1 heterocycles. The lowest BCUT2D eigenvalue weighted by Crippen LogP contribution is -2.04. The fourth-order valence-corrected chi connectivity index (χ4v) is 1.14. The van der Waals surface area contributed by atoms with Gasteiger partial charge in [0.15, 0.2) is 11.6 Å². The minimum absolute atomic E-state index is 0. The summed E-state index contributed by atoms with van der Waals surface area (Å²) >= 11 is 2.69. The molecule has 0 unspecified atom stereocenters. The zero-order valence-electron chi connectivity index (χ0n) is 5.95. The summed E-state index contributed by atoms with van der Waals surface area (Å²) in [5.74, 6) is -6.21. The highest BCUT2D eigenvalue weighted by molar-refractivity contribution is 9.08. The smallest absolute Gasteiger partial charge is 0.201 e. The maximum absolute atomic E-state index is 12.6. The van der Waals surface area contributed by atoms with Crippen LogP contribution < -0.4 is 0 Å². The van der Waals surface area contributed by atoms with E-state index in [1.165, 1.54) is 0 Å². The molecule has 1 aromatic rings. The third-order valence-electron chi connectivity index (χ3n) is 1.22. The summed E-state index contributed by atoms with van der Waals surface area (Å²) in [6, 6.07) is 0. The van der Waals surface area contributed by atoms with Gasteiger partial charge >= 0.3 is 0 Å². The van der Waals surface area contributed by atoms with Gasteiger partial charge in [0.25, 0.3) is 11.9 Å². The molecule has 0 N–H and O–H groups in total. The van der Waals surface area contributed by atoms with Gasteiger partial charge < -0.3 is 0 Å². The first-order valence-electron chi connectivity index (χ1n) is 2.82. The number of pyridine rings is 1. The van der Waals surface area contributed by atoms with Crippen molar-refractivity contribution in [1.82, 2.24) is 4.98 Å². The molecule has 0 aromatic carbocycles. The third-order valence-corrected chi connectivity index (χ3v) is 1.78. The van der Waals surface area contributed by atoms with E-state index in [9.17, 15) is 17.6 Å². The number of hydrogen-bond donors (Lipinski definition) is 0. The van der Waals surface area contributed by atoms with Gasteiger partial charge in [0.2, 0.25) is 0 Å². The van der Waals surface area contributed by atoms with Gasteiger partial charge in [-0.15, -0.1) is 17.0 Å². The minimum Gasteiger partial charge on any atom is -0.201 e. The van der Waals surface area contributed by atoms with Crippen molar-refractivity contribution in [1.29, 1.82) is 0 Å². The summed E-state index contributed by atoms with van der Waals surface area (Å²) in [6.45, 7) is 0. The molecule has 1 aromatic heterocycles. The Labute approximate surface area is 90.1 Å². The van der Waals surface area contributed by atoms with Crippen molar-refractivity contribution in [3.8, 4) is 0 Å². The first kappa shape index (κ1) is 12.8. The highest BCUT2D eigenvalue weighted by Crippen LogP contribution is 2.18. The average Bonchev–Trinajstić information content (AvgIpc) is 2.02. The molecule has 7 heteroatoms. The van der Waals surface area contributed by atoms with Crippen LogP contribution in [0.15, 0.2) is 0 Å². The number of halogens is 6. The molecule has 74 valence electrons. The van der Waals surface area contributed by atoms with Crippen LogP contribution in [0.1, 0.15) is 5.56 Å². The molecule has 0 aliphatic heterocycles. The molecule has 1 rings (SSSR count). The van der Waals surface area contributed by atoms with E-state index in [0.717, 1.165) is 0 Å². The largest absolute Gasteiger partial charge is 0.252 e. The zero-order valence-corrected chi connectivity index (χ0v) is 9.25. The van der Waals surface area contributed by atoms with Crippen molar-refractivity contribution in [3.63, 3.8) is 0 Å². The third kappa shape index (κ3) is 2.40. The fraction of sp³-hybridized carbons (Fsp3) is 0.167. The number of alkyl halides is 1. The van der Waals surface area contributed by atoms with Gasteiger partial charge in [-0.1, -0.05) is 15.9 Å². The molecule has 13 heavy (non-hydrogen) atoms. The molecule has 0 saturated carbocycles. The Bertz CT molecular complexity index is 292. The molecular formula is C6H3Br2F4N. The topological polar surface area (TPSA) is 12.9 Å². The van der Waals surface area contributed by atoms with Crippen LogP contribution in [0.4, 0.5) is 17.6 Å². The van der Waals surface area contributed by atoms with E-state index in [1.807, 2.05) is 0 Å². The Morgan fingerprint density at radius 1 is 1.00 bits per heavy atom. The maximum atomic E-state index is 12.6. The highest BCUT2D eigenvalue weighted by atomic mass is 79.9. The molecule has 0 aliphatic carbocycles. The van der Waals surface area contributed by atoms with E-state index >= 15 is 0 Å². The van der Waals surface area contributed by atoms with Gasteiger partial charge in [-0.05, 0) is 0 Å². The quantitative estimate of drug-likeness (QED) is 0.439. The van der Waals surface area contributed by atoms with Crippen molar-refractivity contribution in [2.45, 2.75) is 5.33 Å². The normalized spacial score (nSPS) is 9.62. The van der Waals surface area contributed by atoms with Gasteiger partial charge in [-0.2, -0.15) is 13.8 Å². The summed E-state index contributed by atoms with van der Waals surface area (Å²) in [6.07, 6.45) is 0. The molecule has 1 nitrogen and oxygen atoms in total. The lowest BCUT2D eigenvalue weighted by atomic mass is 10.3. The standard InChI is InChI=1S/C6H2BrF4N.BrH/c7-1-2-3(8)5(10)12-6(11)4(2)9;/h1H2;1H. The van der Waals surface area contributed by atoms with E-state index in [0.29, 0.717) is 0 Å². The van der Waals surface area contributed by atoms with Crippen molar-refractivity contribution < 1.29 is 17.6 Å². The molecule has 0 radical (unpaired) electrons. The van der Waals surface area contributed by atoms with Crippen molar-refractivity contribution in [2.24, 2.45) is 0 Å². The number of aromatic nitrogens is 1. The molecule has 0 saturated heterocycles. The second-order valence-electron chi connectivity index (χ2n) is 1.93. The Kier molecular flexibility index (Phi) is 4.83.